The van der Waals surface area contributed by atoms with Gasteiger partial charge in [-0.25, -0.2) is 4.79 Å². The van der Waals surface area contributed by atoms with Crippen molar-refractivity contribution in [2.75, 3.05) is 6.61 Å². The van der Waals surface area contributed by atoms with Crippen molar-refractivity contribution in [1.29, 1.82) is 0 Å². The Labute approximate surface area is 114 Å². The lowest BCUT2D eigenvalue weighted by molar-refractivity contribution is -0.165. The van der Waals surface area contributed by atoms with Crippen molar-refractivity contribution < 1.29 is 14.6 Å². The number of hydrogen-bond acceptors (Lipinski definition) is 3. The molecule has 0 amide bonds. The zero-order valence-corrected chi connectivity index (χ0v) is 11.7. The molecular formula is C16H22O3. The normalized spacial score (nSPS) is 13.6. The SMILES string of the molecule is C=C(C)C[C@](O)(CCc1ccccc1)C(=O)OCC. The van der Waals surface area contributed by atoms with Gasteiger partial charge >= 0.3 is 5.97 Å². The number of aliphatic hydroxyl groups is 1. The van der Waals surface area contributed by atoms with Crippen LogP contribution in [0.1, 0.15) is 32.3 Å². The van der Waals surface area contributed by atoms with E-state index in [0.29, 0.717) is 12.8 Å². The molecule has 0 aliphatic rings. The smallest absolute Gasteiger partial charge is 0.338 e. The first-order valence-electron chi connectivity index (χ1n) is 6.56. The van der Waals surface area contributed by atoms with Gasteiger partial charge in [0.25, 0.3) is 0 Å². The van der Waals surface area contributed by atoms with Crippen LogP contribution in [-0.2, 0) is 16.0 Å². The minimum atomic E-state index is -1.47. The maximum atomic E-state index is 11.9. The minimum Gasteiger partial charge on any atom is -0.464 e. The largest absolute Gasteiger partial charge is 0.464 e. The number of ether oxygens (including phenoxy) is 1. The number of carbonyl (C=O) groups is 1. The molecule has 0 saturated carbocycles. The number of hydrogen-bond donors (Lipinski definition) is 1. The summed E-state index contributed by atoms with van der Waals surface area (Å²) in [5.41, 5.74) is 0.382. The highest BCUT2D eigenvalue weighted by atomic mass is 16.5. The number of aryl methyl sites for hydroxylation is 1. The lowest BCUT2D eigenvalue weighted by Crippen LogP contribution is -2.41. The van der Waals surface area contributed by atoms with Gasteiger partial charge in [0.15, 0.2) is 5.60 Å². The second-order valence-corrected chi connectivity index (χ2v) is 4.87. The van der Waals surface area contributed by atoms with Crippen molar-refractivity contribution >= 4 is 5.97 Å². The van der Waals surface area contributed by atoms with Gasteiger partial charge in [0.1, 0.15) is 0 Å². The quantitative estimate of drug-likeness (QED) is 0.607. The maximum Gasteiger partial charge on any atom is 0.338 e. The Morgan fingerprint density at radius 2 is 2.00 bits per heavy atom. The fourth-order valence-corrected chi connectivity index (χ4v) is 2.02. The summed E-state index contributed by atoms with van der Waals surface area (Å²) in [6, 6.07) is 9.78. The fraction of sp³-hybridized carbons (Fsp3) is 0.438. The van der Waals surface area contributed by atoms with Crippen molar-refractivity contribution in [1.82, 2.24) is 0 Å². The van der Waals surface area contributed by atoms with E-state index in [-0.39, 0.29) is 13.0 Å². The summed E-state index contributed by atoms with van der Waals surface area (Å²) in [6.07, 6.45) is 1.20. The number of carbonyl (C=O) groups excluding carboxylic acids is 1. The van der Waals surface area contributed by atoms with Gasteiger partial charge in [-0.2, -0.15) is 0 Å². The van der Waals surface area contributed by atoms with Gasteiger partial charge in [0.2, 0.25) is 0 Å². The molecule has 1 N–H and O–H groups in total. The van der Waals surface area contributed by atoms with E-state index in [1.807, 2.05) is 30.3 Å². The Hall–Kier alpha value is -1.61. The van der Waals surface area contributed by atoms with E-state index in [9.17, 15) is 9.90 Å². The molecule has 0 unspecified atom stereocenters. The maximum absolute atomic E-state index is 11.9. The molecule has 0 aromatic heterocycles. The third-order valence-electron chi connectivity index (χ3n) is 2.92. The van der Waals surface area contributed by atoms with Gasteiger partial charge in [0, 0.05) is 6.42 Å². The van der Waals surface area contributed by atoms with Crippen LogP contribution in [0.25, 0.3) is 0 Å². The van der Waals surface area contributed by atoms with E-state index in [4.69, 9.17) is 4.74 Å². The first-order chi connectivity index (χ1) is 8.98. The van der Waals surface area contributed by atoms with Crippen LogP contribution in [0.4, 0.5) is 0 Å². The number of benzene rings is 1. The van der Waals surface area contributed by atoms with Crippen LogP contribution in [0.15, 0.2) is 42.5 Å². The first kappa shape index (κ1) is 15.4. The Morgan fingerprint density at radius 3 is 2.53 bits per heavy atom. The van der Waals surface area contributed by atoms with Crippen LogP contribution in [-0.4, -0.2) is 23.3 Å². The highest BCUT2D eigenvalue weighted by Gasteiger charge is 2.36. The summed E-state index contributed by atoms with van der Waals surface area (Å²) in [6.45, 7) is 7.57. The molecule has 19 heavy (non-hydrogen) atoms. The average Bonchev–Trinajstić information content (AvgIpc) is 2.37. The molecule has 104 valence electrons. The zero-order chi connectivity index (χ0) is 14.3. The molecule has 1 atom stereocenters. The summed E-state index contributed by atoms with van der Waals surface area (Å²) in [4.78, 5) is 11.9. The highest BCUT2D eigenvalue weighted by Crippen LogP contribution is 2.24. The van der Waals surface area contributed by atoms with Crippen LogP contribution in [0, 0.1) is 0 Å². The monoisotopic (exact) mass is 262 g/mol. The minimum absolute atomic E-state index is 0.235. The lowest BCUT2D eigenvalue weighted by Gasteiger charge is -2.26. The molecule has 0 bridgehead atoms. The van der Waals surface area contributed by atoms with Gasteiger partial charge in [-0.15, -0.1) is 6.58 Å². The van der Waals surface area contributed by atoms with E-state index in [1.54, 1.807) is 13.8 Å². The third-order valence-corrected chi connectivity index (χ3v) is 2.92. The molecule has 1 aromatic carbocycles. The Kier molecular flexibility index (Phi) is 5.77. The second-order valence-electron chi connectivity index (χ2n) is 4.87. The van der Waals surface area contributed by atoms with Crippen LogP contribution in [0.5, 0.6) is 0 Å². The fourth-order valence-electron chi connectivity index (χ4n) is 2.02. The Balaban J connectivity index is 2.74. The van der Waals surface area contributed by atoms with Gasteiger partial charge in [-0.1, -0.05) is 35.9 Å². The molecule has 0 radical (unpaired) electrons. The van der Waals surface area contributed by atoms with Crippen molar-refractivity contribution in [3.05, 3.63) is 48.0 Å². The molecule has 0 aliphatic heterocycles. The topological polar surface area (TPSA) is 46.5 Å². The second kappa shape index (κ2) is 7.10. The summed E-state index contributed by atoms with van der Waals surface area (Å²) >= 11 is 0. The summed E-state index contributed by atoms with van der Waals surface area (Å²) < 4.78 is 4.97. The molecule has 0 fully saturated rings. The van der Waals surface area contributed by atoms with Crippen molar-refractivity contribution in [3.63, 3.8) is 0 Å². The van der Waals surface area contributed by atoms with Gasteiger partial charge in [-0.3, -0.25) is 0 Å². The predicted molar refractivity (Wildman–Crippen MR) is 75.8 cm³/mol. The summed E-state index contributed by atoms with van der Waals surface area (Å²) in [5, 5.41) is 10.5. The van der Waals surface area contributed by atoms with Gasteiger partial charge in [-0.05, 0) is 32.3 Å². The van der Waals surface area contributed by atoms with Crippen molar-refractivity contribution in [3.8, 4) is 0 Å². The molecule has 1 rings (SSSR count). The molecule has 0 saturated heterocycles. The van der Waals surface area contributed by atoms with E-state index in [0.717, 1.165) is 11.1 Å². The predicted octanol–water partition coefficient (Wildman–Crippen LogP) is 2.88. The molecule has 3 nitrogen and oxygen atoms in total. The summed E-state index contributed by atoms with van der Waals surface area (Å²) in [7, 11) is 0. The summed E-state index contributed by atoms with van der Waals surface area (Å²) in [5.74, 6) is -0.561. The molecular weight excluding hydrogens is 240 g/mol. The van der Waals surface area contributed by atoms with Crippen molar-refractivity contribution in [2.45, 2.75) is 38.7 Å². The van der Waals surface area contributed by atoms with Gasteiger partial charge in [0.05, 0.1) is 6.61 Å². The standard InChI is InChI=1S/C16H22O3/c1-4-19-15(17)16(18,12-13(2)3)11-10-14-8-6-5-7-9-14/h5-9,18H,2,4,10-12H2,1,3H3/t16-/m1/s1. The number of rotatable bonds is 7. The van der Waals surface area contributed by atoms with Gasteiger partial charge < -0.3 is 9.84 Å². The van der Waals surface area contributed by atoms with E-state index >= 15 is 0 Å². The zero-order valence-electron chi connectivity index (χ0n) is 11.7. The van der Waals surface area contributed by atoms with Crippen molar-refractivity contribution in [2.24, 2.45) is 0 Å². The average molecular weight is 262 g/mol. The van der Waals surface area contributed by atoms with Crippen LogP contribution in [0.3, 0.4) is 0 Å². The number of esters is 1. The molecule has 3 heteroatoms. The molecule has 0 spiro atoms. The molecule has 1 aromatic rings. The van der Waals surface area contributed by atoms with E-state index in [2.05, 4.69) is 6.58 Å². The van der Waals surface area contributed by atoms with E-state index < -0.39 is 11.6 Å². The Bertz CT molecular complexity index is 425. The van der Waals surface area contributed by atoms with Crippen LogP contribution >= 0.6 is 0 Å². The lowest BCUT2D eigenvalue weighted by atomic mass is 9.89. The molecule has 0 aliphatic carbocycles. The third kappa shape index (κ3) is 4.87. The van der Waals surface area contributed by atoms with E-state index in [1.165, 1.54) is 0 Å². The highest BCUT2D eigenvalue weighted by molar-refractivity contribution is 5.79. The first-order valence-corrected chi connectivity index (χ1v) is 6.56. The van der Waals surface area contributed by atoms with Crippen LogP contribution in [0.2, 0.25) is 0 Å². The molecule has 0 heterocycles. The van der Waals surface area contributed by atoms with Crippen LogP contribution < -0.4 is 0 Å². The Morgan fingerprint density at radius 1 is 1.37 bits per heavy atom.